The Labute approximate surface area is 243 Å². The fourth-order valence-corrected chi connectivity index (χ4v) is 5.52. The molecule has 0 aromatic heterocycles. The molecule has 1 aliphatic rings. The van der Waals surface area contributed by atoms with Crippen molar-refractivity contribution in [1.29, 1.82) is 0 Å². The number of methoxy groups -OCH3 is 1. The molecule has 0 aliphatic carbocycles. The Hall–Kier alpha value is -0.340. The first-order valence-corrected chi connectivity index (χ1v) is 12.8. The van der Waals surface area contributed by atoms with Gasteiger partial charge in [0.05, 0.1) is 22.6 Å². The third kappa shape index (κ3) is 6.50. The van der Waals surface area contributed by atoms with E-state index >= 15 is 0 Å². The first-order valence-electron chi connectivity index (χ1n) is 9.94. The largest absolute Gasteiger partial charge is 1.00 e. The van der Waals surface area contributed by atoms with Gasteiger partial charge in [-0.15, -0.1) is 0 Å². The first kappa shape index (κ1) is 31.7. The van der Waals surface area contributed by atoms with E-state index in [-0.39, 0.29) is 75.9 Å². The summed E-state index contributed by atoms with van der Waals surface area (Å²) in [5, 5.41) is 0.250. The van der Waals surface area contributed by atoms with E-state index in [1.54, 1.807) is 6.07 Å². The van der Waals surface area contributed by atoms with Crippen LogP contribution in [0.1, 0.15) is 51.5 Å². The average molecular weight is 528 g/mol. The molecule has 1 aliphatic heterocycles. The monoisotopic (exact) mass is 527 g/mol. The summed E-state index contributed by atoms with van der Waals surface area (Å²) in [6.07, 6.45) is 2.97. The van der Waals surface area contributed by atoms with Crippen LogP contribution < -0.4 is 59.1 Å². The van der Waals surface area contributed by atoms with Crippen LogP contribution in [0.4, 0.5) is 5.69 Å². The van der Waals surface area contributed by atoms with Crippen LogP contribution in [0.15, 0.2) is 39.0 Å². The van der Waals surface area contributed by atoms with Gasteiger partial charge in [0, 0.05) is 17.5 Å². The van der Waals surface area contributed by atoms with Gasteiger partial charge < -0.3 is 13.8 Å². The van der Waals surface area contributed by atoms with Gasteiger partial charge in [0.1, 0.15) is 20.2 Å². The Morgan fingerprint density at radius 3 is 2.21 bits per heavy atom. The number of fused-ring (bicyclic) bond motifs is 3. The Kier molecular flexibility index (Phi) is 11.0. The molecule has 3 rings (SSSR count). The number of aliphatic imine (C=N–C) groups is 1. The van der Waals surface area contributed by atoms with Gasteiger partial charge in [0.25, 0.3) is 0 Å². The van der Waals surface area contributed by atoms with Crippen molar-refractivity contribution in [3.05, 3.63) is 29.8 Å². The number of carbonyl (C=O) groups is 1. The zero-order chi connectivity index (χ0) is 23.9. The molecule has 1 heterocycles. The summed E-state index contributed by atoms with van der Waals surface area (Å²) in [6, 6.07) is 4.73. The molecule has 0 bridgehead atoms. The van der Waals surface area contributed by atoms with Gasteiger partial charge in [-0.1, -0.05) is 25.8 Å². The van der Waals surface area contributed by atoms with Crippen LogP contribution in [0.3, 0.4) is 0 Å². The van der Waals surface area contributed by atoms with Gasteiger partial charge in [0.15, 0.2) is 0 Å². The number of esters is 1. The molecule has 34 heavy (non-hydrogen) atoms. The van der Waals surface area contributed by atoms with Crippen molar-refractivity contribution < 1.29 is 94.6 Å². The van der Waals surface area contributed by atoms with Gasteiger partial charge >= 0.3 is 65.1 Å². The molecule has 13 heteroatoms. The maximum Gasteiger partial charge on any atom is 1.00 e. The standard InChI is InChI=1S/C21H25NO8S2.2Na/c1-13-21(2,10-6-4-5-7-19(23)30-3)20-16-11-14(31(24,25)26)12-18(32(27,28)29)15(16)8-9-17(20)22-13;;/h8-9,11-12H,4-7,10H2,1-3H3,(H,24,25,26)(H,27,28,29);;/q;2*+1/p-2. The summed E-state index contributed by atoms with van der Waals surface area (Å²) < 4.78 is 75.3. The topological polar surface area (TPSA) is 153 Å². The molecular formula is C21H23NNa2O8S2. The zero-order valence-electron chi connectivity index (χ0n) is 19.9. The maximum atomic E-state index is 11.9. The summed E-state index contributed by atoms with van der Waals surface area (Å²) in [6.45, 7) is 3.72. The third-order valence-electron chi connectivity index (χ3n) is 6.03. The van der Waals surface area contributed by atoms with E-state index in [1.165, 1.54) is 13.2 Å². The van der Waals surface area contributed by atoms with Gasteiger partial charge in [-0.05, 0) is 54.3 Å². The summed E-state index contributed by atoms with van der Waals surface area (Å²) in [4.78, 5) is 14.3. The average Bonchev–Trinajstić information content (AvgIpc) is 2.95. The number of unbranched alkanes of at least 4 members (excludes halogenated alkanes) is 2. The molecule has 2 aromatic rings. The molecule has 0 saturated carbocycles. The Morgan fingerprint density at radius 1 is 1.00 bits per heavy atom. The molecule has 0 N–H and O–H groups in total. The van der Waals surface area contributed by atoms with E-state index in [0.717, 1.165) is 18.2 Å². The molecular weight excluding hydrogens is 504 g/mol. The van der Waals surface area contributed by atoms with Crippen molar-refractivity contribution in [1.82, 2.24) is 0 Å². The van der Waals surface area contributed by atoms with Gasteiger partial charge in [0.2, 0.25) is 0 Å². The smallest absolute Gasteiger partial charge is 0.744 e. The molecule has 0 radical (unpaired) electrons. The second kappa shape index (κ2) is 11.8. The van der Waals surface area contributed by atoms with E-state index in [0.29, 0.717) is 43.0 Å². The minimum Gasteiger partial charge on any atom is -0.744 e. The Bertz CT molecular complexity index is 1340. The van der Waals surface area contributed by atoms with Gasteiger partial charge in [-0.25, -0.2) is 16.8 Å². The molecule has 9 nitrogen and oxygen atoms in total. The number of hydrogen-bond donors (Lipinski definition) is 0. The number of hydrogen-bond acceptors (Lipinski definition) is 9. The Balaban J connectivity index is 0.00000289. The quantitative estimate of drug-likeness (QED) is 0.154. The summed E-state index contributed by atoms with van der Waals surface area (Å²) in [5.41, 5.74) is 1.18. The van der Waals surface area contributed by atoms with E-state index < -0.39 is 35.4 Å². The Morgan fingerprint density at radius 2 is 1.65 bits per heavy atom. The second-order valence-electron chi connectivity index (χ2n) is 8.05. The van der Waals surface area contributed by atoms with Crippen molar-refractivity contribution in [2.24, 2.45) is 4.99 Å². The first-order chi connectivity index (χ1) is 14.8. The van der Waals surface area contributed by atoms with Gasteiger partial charge in [-0.2, -0.15) is 0 Å². The van der Waals surface area contributed by atoms with E-state index in [1.807, 2.05) is 13.8 Å². The van der Waals surface area contributed by atoms with Crippen molar-refractivity contribution in [2.45, 2.75) is 61.2 Å². The van der Waals surface area contributed by atoms with Crippen LogP contribution in [-0.4, -0.2) is 44.7 Å². The van der Waals surface area contributed by atoms with E-state index in [4.69, 9.17) is 0 Å². The molecule has 1 unspecified atom stereocenters. The zero-order valence-corrected chi connectivity index (χ0v) is 25.5. The maximum absolute atomic E-state index is 11.9. The summed E-state index contributed by atoms with van der Waals surface area (Å²) in [5.74, 6) is -0.288. The molecule has 0 saturated heterocycles. The van der Waals surface area contributed by atoms with Crippen LogP contribution in [0.5, 0.6) is 0 Å². The van der Waals surface area contributed by atoms with Crippen molar-refractivity contribution in [2.75, 3.05) is 7.11 Å². The number of ether oxygens (including phenoxy) is 1. The summed E-state index contributed by atoms with van der Waals surface area (Å²) >= 11 is 0. The van der Waals surface area contributed by atoms with Crippen LogP contribution in [0.2, 0.25) is 0 Å². The predicted molar refractivity (Wildman–Crippen MR) is 115 cm³/mol. The molecule has 0 spiro atoms. The fraction of sp³-hybridized carbons (Fsp3) is 0.429. The van der Waals surface area contributed by atoms with E-state index in [9.17, 15) is 30.7 Å². The molecule has 0 fully saturated rings. The fourth-order valence-electron chi connectivity index (χ4n) is 4.21. The summed E-state index contributed by atoms with van der Waals surface area (Å²) in [7, 11) is -8.73. The minimum atomic E-state index is -5.05. The minimum absolute atomic E-state index is 0. The molecule has 0 amide bonds. The third-order valence-corrected chi connectivity index (χ3v) is 7.72. The normalized spacial score (nSPS) is 17.4. The van der Waals surface area contributed by atoms with Crippen molar-refractivity contribution in [3.63, 3.8) is 0 Å². The van der Waals surface area contributed by atoms with Crippen LogP contribution in [0, 0.1) is 0 Å². The second-order valence-corrected chi connectivity index (χ2v) is 10.8. The number of rotatable bonds is 8. The van der Waals surface area contributed by atoms with Gasteiger partial charge in [-0.3, -0.25) is 9.79 Å². The van der Waals surface area contributed by atoms with E-state index in [2.05, 4.69) is 9.73 Å². The van der Waals surface area contributed by atoms with Crippen molar-refractivity contribution in [3.8, 4) is 0 Å². The number of carbonyl (C=O) groups excluding carboxylic acids is 1. The van der Waals surface area contributed by atoms with Crippen LogP contribution in [0.25, 0.3) is 10.8 Å². The molecule has 2 aromatic carbocycles. The molecule has 174 valence electrons. The predicted octanol–water partition coefficient (Wildman–Crippen LogP) is -2.86. The van der Waals surface area contributed by atoms with Crippen LogP contribution >= 0.6 is 0 Å². The number of nitrogens with zero attached hydrogens (tertiary/aromatic N) is 1. The molecule has 1 atom stereocenters. The van der Waals surface area contributed by atoms with Crippen LogP contribution in [-0.2, 0) is 35.2 Å². The number of benzene rings is 2. The van der Waals surface area contributed by atoms with Crippen molar-refractivity contribution >= 4 is 48.4 Å². The SMILES string of the molecule is COC(=O)CCCCCC1(C)C(C)=Nc2ccc3c(S(=O)(=O)[O-])cc(S(=O)(=O)[O-])cc3c21.[Na+].[Na+].